The van der Waals surface area contributed by atoms with Crippen LogP contribution >= 0.6 is 39.1 Å². The number of nitrogens with one attached hydrogen (secondary N) is 1. The predicted octanol–water partition coefficient (Wildman–Crippen LogP) is 4.74. The Balaban J connectivity index is 2.41. The third-order valence-corrected chi connectivity index (χ3v) is 3.96. The molecule has 110 valence electrons. The van der Waals surface area contributed by atoms with Crippen molar-refractivity contribution in [3.63, 3.8) is 0 Å². The predicted molar refractivity (Wildman–Crippen MR) is 85.1 cm³/mol. The lowest BCUT2D eigenvalue weighted by Gasteiger charge is -2.10. The zero-order chi connectivity index (χ0) is 15.6. The maximum atomic E-state index is 10.9. The van der Waals surface area contributed by atoms with E-state index >= 15 is 0 Å². The van der Waals surface area contributed by atoms with Gasteiger partial charge < -0.3 is 10.2 Å². The average molecular weight is 393 g/mol. The van der Waals surface area contributed by atoms with E-state index in [1.54, 1.807) is 6.07 Å². The van der Waals surface area contributed by atoms with Gasteiger partial charge in [-0.15, -0.1) is 0 Å². The van der Waals surface area contributed by atoms with Gasteiger partial charge in [-0.25, -0.2) is 0 Å². The molecule has 0 radical (unpaired) electrons. The number of rotatable bonds is 4. The number of hydrogen-bond acceptors (Lipinski definition) is 5. The highest BCUT2D eigenvalue weighted by Gasteiger charge is 2.13. The Morgan fingerprint density at radius 3 is 2.52 bits per heavy atom. The van der Waals surface area contributed by atoms with Crippen molar-refractivity contribution in [3.05, 3.63) is 55.0 Å². The summed E-state index contributed by atoms with van der Waals surface area (Å²) in [4.78, 5) is 10.3. The van der Waals surface area contributed by atoms with Crippen molar-refractivity contribution in [2.45, 2.75) is 0 Å². The molecule has 0 atom stereocenters. The van der Waals surface area contributed by atoms with Crippen LogP contribution in [-0.2, 0) is 0 Å². The lowest BCUT2D eigenvalue weighted by molar-refractivity contribution is -0.384. The summed E-state index contributed by atoms with van der Waals surface area (Å²) in [5, 5.41) is 11.6. The molecule has 0 aromatic heterocycles. The number of hydrogen-bond donors (Lipinski definition) is 2. The highest BCUT2D eigenvalue weighted by Crippen LogP contribution is 2.37. The molecule has 21 heavy (non-hydrogen) atoms. The lowest BCUT2D eigenvalue weighted by Crippen LogP contribution is -2.07. The Labute approximate surface area is 138 Å². The Kier molecular flexibility index (Phi) is 4.89. The molecule has 3 N–H and O–H groups in total. The third-order valence-electron chi connectivity index (χ3n) is 2.47. The Hall–Kier alpha value is -1.54. The van der Waals surface area contributed by atoms with Crippen LogP contribution in [0.4, 0.5) is 11.4 Å². The van der Waals surface area contributed by atoms with Gasteiger partial charge in [0.2, 0.25) is 0 Å². The Bertz CT molecular complexity index is 712. The first kappa shape index (κ1) is 15.8. The van der Waals surface area contributed by atoms with Crippen LogP contribution < -0.4 is 16.0 Å². The third kappa shape index (κ3) is 3.76. The molecule has 0 saturated carbocycles. The number of nitrogen functional groups attached to an aromatic ring is 1. The monoisotopic (exact) mass is 391 g/mol. The molecule has 0 spiro atoms. The minimum Gasteiger partial charge on any atom is -0.455 e. The SMILES string of the molecule is NNc1cc(Oc2cc(Cl)c(Br)cc2Cl)cc([N+](=O)[O-])c1. The topological polar surface area (TPSA) is 90.4 Å². The minimum absolute atomic E-state index is 0.167. The highest BCUT2D eigenvalue weighted by atomic mass is 79.9. The van der Waals surface area contributed by atoms with E-state index in [1.165, 1.54) is 24.3 Å². The van der Waals surface area contributed by atoms with E-state index in [2.05, 4.69) is 21.4 Å². The number of ether oxygens (including phenoxy) is 1. The van der Waals surface area contributed by atoms with Crippen LogP contribution in [0.25, 0.3) is 0 Å². The molecule has 0 fully saturated rings. The quantitative estimate of drug-likeness (QED) is 0.339. The van der Waals surface area contributed by atoms with Gasteiger partial charge in [0.1, 0.15) is 11.5 Å². The van der Waals surface area contributed by atoms with Gasteiger partial charge >= 0.3 is 0 Å². The molecule has 0 heterocycles. The standard InChI is InChI=1S/C12H8BrCl2N3O3/c13-9-4-11(15)12(5-10(9)14)21-8-2-6(17-16)1-7(3-8)18(19)20/h1-5,17H,16H2. The van der Waals surface area contributed by atoms with E-state index in [0.717, 1.165) is 0 Å². The van der Waals surface area contributed by atoms with E-state index in [-0.39, 0.29) is 17.2 Å². The molecule has 0 unspecified atom stereocenters. The van der Waals surface area contributed by atoms with Crippen molar-refractivity contribution in [3.8, 4) is 11.5 Å². The van der Waals surface area contributed by atoms with E-state index in [9.17, 15) is 10.1 Å². The van der Waals surface area contributed by atoms with Gasteiger partial charge in [0.15, 0.2) is 0 Å². The van der Waals surface area contributed by atoms with Gasteiger partial charge in [-0.2, -0.15) is 0 Å². The summed E-state index contributed by atoms with van der Waals surface area (Å²) in [6.45, 7) is 0. The maximum absolute atomic E-state index is 10.9. The summed E-state index contributed by atoms with van der Waals surface area (Å²) in [6.07, 6.45) is 0. The van der Waals surface area contributed by atoms with E-state index < -0.39 is 4.92 Å². The fourth-order valence-electron chi connectivity index (χ4n) is 1.54. The van der Waals surface area contributed by atoms with Gasteiger partial charge in [0.25, 0.3) is 5.69 Å². The van der Waals surface area contributed by atoms with E-state index in [1.807, 2.05) is 0 Å². The van der Waals surface area contributed by atoms with Crippen LogP contribution in [0, 0.1) is 10.1 Å². The number of nitro benzene ring substituents is 1. The Morgan fingerprint density at radius 1 is 1.19 bits per heavy atom. The first-order valence-electron chi connectivity index (χ1n) is 5.49. The summed E-state index contributed by atoms with van der Waals surface area (Å²) >= 11 is 15.2. The molecule has 6 nitrogen and oxygen atoms in total. The largest absolute Gasteiger partial charge is 0.455 e. The van der Waals surface area contributed by atoms with E-state index in [4.69, 9.17) is 33.8 Å². The smallest absolute Gasteiger partial charge is 0.275 e. The summed E-state index contributed by atoms with van der Waals surface area (Å²) in [6, 6.07) is 7.11. The average Bonchev–Trinajstić information content (AvgIpc) is 2.44. The van der Waals surface area contributed by atoms with Crippen LogP contribution in [0.2, 0.25) is 10.0 Å². The molecule has 0 amide bonds. The number of nitrogens with zero attached hydrogens (tertiary/aromatic N) is 1. The minimum atomic E-state index is -0.552. The van der Waals surface area contributed by atoms with Gasteiger partial charge in [0.05, 0.1) is 26.7 Å². The van der Waals surface area contributed by atoms with Gasteiger partial charge in [-0.1, -0.05) is 23.2 Å². The summed E-state index contributed by atoms with van der Waals surface area (Å²) in [5.74, 6) is 5.75. The van der Waals surface area contributed by atoms with Gasteiger partial charge in [-0.05, 0) is 22.0 Å². The zero-order valence-electron chi connectivity index (χ0n) is 10.3. The van der Waals surface area contributed by atoms with Crippen LogP contribution in [0.5, 0.6) is 11.5 Å². The van der Waals surface area contributed by atoms with Crippen LogP contribution in [0.3, 0.4) is 0 Å². The van der Waals surface area contributed by atoms with Crippen molar-refractivity contribution in [2.75, 3.05) is 5.43 Å². The molecule has 0 aliphatic heterocycles. The molecule has 2 rings (SSSR count). The van der Waals surface area contributed by atoms with Crippen molar-refractivity contribution in [1.29, 1.82) is 0 Å². The Morgan fingerprint density at radius 2 is 1.90 bits per heavy atom. The maximum Gasteiger partial charge on any atom is 0.275 e. The molecule has 0 aliphatic rings. The number of anilines is 1. The molecule has 0 saturated heterocycles. The first-order valence-corrected chi connectivity index (χ1v) is 7.04. The van der Waals surface area contributed by atoms with Gasteiger partial charge in [0, 0.05) is 22.7 Å². The van der Waals surface area contributed by atoms with Crippen molar-refractivity contribution in [1.82, 2.24) is 0 Å². The van der Waals surface area contributed by atoms with Gasteiger partial charge in [-0.3, -0.25) is 16.0 Å². The number of benzene rings is 2. The van der Waals surface area contributed by atoms with Crippen LogP contribution in [-0.4, -0.2) is 4.92 Å². The molecular weight excluding hydrogens is 385 g/mol. The number of nitrogens with two attached hydrogens (primary N) is 1. The summed E-state index contributed by atoms with van der Waals surface area (Å²) in [5.41, 5.74) is 2.50. The molecule has 2 aromatic carbocycles. The lowest BCUT2D eigenvalue weighted by atomic mass is 10.2. The second kappa shape index (κ2) is 6.48. The fraction of sp³-hybridized carbons (Fsp3) is 0. The zero-order valence-corrected chi connectivity index (χ0v) is 13.4. The second-order valence-electron chi connectivity index (χ2n) is 3.92. The first-order chi connectivity index (χ1) is 9.90. The molecule has 0 aliphatic carbocycles. The molecule has 0 bridgehead atoms. The fourth-order valence-corrected chi connectivity index (χ4v) is 2.37. The van der Waals surface area contributed by atoms with Crippen molar-refractivity contribution >= 4 is 50.5 Å². The normalized spacial score (nSPS) is 10.3. The number of halogens is 3. The molecular formula is C12H8BrCl2N3O3. The summed E-state index contributed by atoms with van der Waals surface area (Å²) < 4.78 is 6.16. The van der Waals surface area contributed by atoms with Crippen molar-refractivity contribution in [2.24, 2.45) is 5.84 Å². The second-order valence-corrected chi connectivity index (χ2v) is 5.58. The highest BCUT2D eigenvalue weighted by molar-refractivity contribution is 9.10. The molecule has 9 heteroatoms. The summed E-state index contributed by atoms with van der Waals surface area (Å²) in [7, 11) is 0. The molecule has 2 aromatic rings. The van der Waals surface area contributed by atoms with Crippen molar-refractivity contribution < 1.29 is 9.66 Å². The number of non-ortho nitro benzene ring substituents is 1. The van der Waals surface area contributed by atoms with Crippen LogP contribution in [0.15, 0.2) is 34.8 Å². The number of nitro groups is 1. The van der Waals surface area contributed by atoms with Crippen LogP contribution in [0.1, 0.15) is 0 Å². The van der Waals surface area contributed by atoms with E-state index in [0.29, 0.717) is 20.2 Å². The number of hydrazine groups is 1.